The first-order chi connectivity index (χ1) is 5.14. The Morgan fingerprint density at radius 3 is 2.64 bits per heavy atom. The lowest BCUT2D eigenvalue weighted by Gasteiger charge is -2.22. The smallest absolute Gasteiger partial charge is 0.186 e. The van der Waals surface area contributed by atoms with Crippen LogP contribution in [0.1, 0.15) is 0 Å². The standard InChI is InChI=1S/C6H12O5/c1-10-5-4(8)6(9,2-7)3-11-5/h4-5,7-9H,2-3H2,1H3/t4-,5-,6?/m0/s1. The van der Waals surface area contributed by atoms with Crippen molar-refractivity contribution in [3.8, 4) is 0 Å². The van der Waals surface area contributed by atoms with Gasteiger partial charge in [-0.05, 0) is 0 Å². The van der Waals surface area contributed by atoms with Crippen LogP contribution in [0, 0.1) is 0 Å². The molecular weight excluding hydrogens is 152 g/mol. The number of aliphatic hydroxyl groups excluding tert-OH is 2. The molecule has 0 saturated carbocycles. The van der Waals surface area contributed by atoms with E-state index in [2.05, 4.69) is 4.74 Å². The second-order valence-electron chi connectivity index (χ2n) is 2.62. The van der Waals surface area contributed by atoms with Gasteiger partial charge in [0.05, 0.1) is 13.2 Å². The zero-order valence-electron chi connectivity index (χ0n) is 6.23. The van der Waals surface area contributed by atoms with Gasteiger partial charge in [-0.1, -0.05) is 0 Å². The first kappa shape index (κ1) is 8.89. The van der Waals surface area contributed by atoms with Gasteiger partial charge >= 0.3 is 0 Å². The van der Waals surface area contributed by atoms with Gasteiger partial charge in [-0.15, -0.1) is 0 Å². The van der Waals surface area contributed by atoms with Crippen LogP contribution in [-0.2, 0) is 9.47 Å². The molecule has 1 unspecified atom stereocenters. The van der Waals surface area contributed by atoms with Crippen molar-refractivity contribution >= 4 is 0 Å². The van der Waals surface area contributed by atoms with Crippen molar-refractivity contribution in [3.05, 3.63) is 0 Å². The average molecular weight is 164 g/mol. The minimum absolute atomic E-state index is 0.108. The zero-order valence-corrected chi connectivity index (χ0v) is 6.23. The quantitative estimate of drug-likeness (QED) is 0.443. The van der Waals surface area contributed by atoms with E-state index in [-0.39, 0.29) is 6.61 Å². The number of hydrogen-bond acceptors (Lipinski definition) is 5. The van der Waals surface area contributed by atoms with Crippen LogP contribution < -0.4 is 0 Å². The van der Waals surface area contributed by atoms with Crippen LogP contribution in [-0.4, -0.2) is 53.6 Å². The molecule has 11 heavy (non-hydrogen) atoms. The SMILES string of the molecule is CO[C@H]1OCC(O)(CO)[C@H]1O. The Bertz CT molecular complexity index is 139. The molecule has 3 N–H and O–H groups in total. The van der Waals surface area contributed by atoms with E-state index in [1.807, 2.05) is 0 Å². The molecule has 0 aromatic heterocycles. The topological polar surface area (TPSA) is 79.2 Å². The van der Waals surface area contributed by atoms with Crippen molar-refractivity contribution < 1.29 is 24.8 Å². The van der Waals surface area contributed by atoms with Crippen molar-refractivity contribution in [1.82, 2.24) is 0 Å². The second-order valence-corrected chi connectivity index (χ2v) is 2.62. The highest BCUT2D eigenvalue weighted by molar-refractivity contribution is 4.93. The molecule has 1 fully saturated rings. The van der Waals surface area contributed by atoms with Crippen LogP contribution in [0.2, 0.25) is 0 Å². The lowest BCUT2D eigenvalue weighted by Crippen LogP contribution is -2.47. The lowest BCUT2D eigenvalue weighted by molar-refractivity contribution is -0.146. The second kappa shape index (κ2) is 3.04. The number of aliphatic hydroxyl groups is 3. The summed E-state index contributed by atoms with van der Waals surface area (Å²) >= 11 is 0. The molecule has 66 valence electrons. The minimum atomic E-state index is -1.57. The maximum atomic E-state index is 9.37. The Hall–Kier alpha value is -0.200. The number of methoxy groups -OCH3 is 1. The fourth-order valence-electron chi connectivity index (χ4n) is 0.992. The van der Waals surface area contributed by atoms with Gasteiger partial charge in [0.15, 0.2) is 6.29 Å². The normalized spacial score (nSPS) is 44.7. The molecule has 1 rings (SSSR count). The van der Waals surface area contributed by atoms with Gasteiger partial charge in [-0.2, -0.15) is 0 Å². The maximum absolute atomic E-state index is 9.37. The number of rotatable bonds is 2. The largest absolute Gasteiger partial charge is 0.393 e. The summed E-state index contributed by atoms with van der Waals surface area (Å²) < 4.78 is 9.52. The zero-order chi connectivity index (χ0) is 8.48. The Labute approximate surface area is 64.2 Å². The van der Waals surface area contributed by atoms with Crippen molar-refractivity contribution in [2.75, 3.05) is 20.3 Å². The van der Waals surface area contributed by atoms with E-state index >= 15 is 0 Å². The Balaban J connectivity index is 2.61. The minimum Gasteiger partial charge on any atom is -0.393 e. The molecular formula is C6H12O5. The van der Waals surface area contributed by atoms with E-state index < -0.39 is 24.6 Å². The third kappa shape index (κ3) is 1.38. The van der Waals surface area contributed by atoms with Crippen LogP contribution in [0.25, 0.3) is 0 Å². The van der Waals surface area contributed by atoms with Crippen molar-refractivity contribution in [3.63, 3.8) is 0 Å². The Morgan fingerprint density at radius 2 is 2.36 bits per heavy atom. The molecule has 0 radical (unpaired) electrons. The summed E-state index contributed by atoms with van der Waals surface area (Å²) in [5.41, 5.74) is -1.57. The Kier molecular flexibility index (Phi) is 2.46. The maximum Gasteiger partial charge on any atom is 0.186 e. The highest BCUT2D eigenvalue weighted by Gasteiger charge is 2.47. The summed E-state index contributed by atoms with van der Waals surface area (Å²) in [4.78, 5) is 0. The molecule has 0 amide bonds. The summed E-state index contributed by atoms with van der Waals surface area (Å²) in [6.45, 7) is -0.642. The average Bonchev–Trinajstić information content (AvgIpc) is 2.31. The monoisotopic (exact) mass is 164 g/mol. The molecule has 1 aliphatic rings. The molecule has 0 spiro atoms. The van der Waals surface area contributed by atoms with Gasteiger partial charge in [-0.3, -0.25) is 0 Å². The predicted molar refractivity (Wildman–Crippen MR) is 34.8 cm³/mol. The van der Waals surface area contributed by atoms with Gasteiger partial charge < -0.3 is 24.8 Å². The lowest BCUT2D eigenvalue weighted by atomic mass is 10.0. The Morgan fingerprint density at radius 1 is 1.73 bits per heavy atom. The van der Waals surface area contributed by atoms with Gasteiger partial charge in [-0.25, -0.2) is 0 Å². The first-order valence-corrected chi connectivity index (χ1v) is 3.30. The first-order valence-electron chi connectivity index (χ1n) is 3.30. The molecule has 0 bridgehead atoms. The molecule has 0 aromatic carbocycles. The molecule has 5 heteroatoms. The van der Waals surface area contributed by atoms with E-state index in [1.54, 1.807) is 0 Å². The molecule has 1 heterocycles. The number of ether oxygens (including phenoxy) is 2. The van der Waals surface area contributed by atoms with E-state index in [4.69, 9.17) is 9.84 Å². The van der Waals surface area contributed by atoms with Crippen LogP contribution >= 0.6 is 0 Å². The predicted octanol–water partition coefficient (Wildman–Crippen LogP) is -1.93. The molecule has 5 nitrogen and oxygen atoms in total. The van der Waals surface area contributed by atoms with E-state index in [0.717, 1.165) is 0 Å². The summed E-state index contributed by atoms with van der Waals surface area (Å²) in [5.74, 6) is 0. The van der Waals surface area contributed by atoms with Crippen molar-refractivity contribution in [2.24, 2.45) is 0 Å². The van der Waals surface area contributed by atoms with Gasteiger partial charge in [0.2, 0.25) is 0 Å². The van der Waals surface area contributed by atoms with Crippen LogP contribution in [0.4, 0.5) is 0 Å². The summed E-state index contributed by atoms with van der Waals surface area (Å²) in [5, 5.41) is 27.3. The van der Waals surface area contributed by atoms with Crippen molar-refractivity contribution in [1.29, 1.82) is 0 Å². The van der Waals surface area contributed by atoms with Crippen molar-refractivity contribution in [2.45, 2.75) is 18.0 Å². The molecule has 0 aliphatic carbocycles. The molecule has 1 saturated heterocycles. The highest BCUT2D eigenvalue weighted by Crippen LogP contribution is 2.24. The van der Waals surface area contributed by atoms with Crippen LogP contribution in [0.5, 0.6) is 0 Å². The van der Waals surface area contributed by atoms with Gasteiger partial charge in [0.25, 0.3) is 0 Å². The van der Waals surface area contributed by atoms with Gasteiger partial charge in [0.1, 0.15) is 11.7 Å². The fraction of sp³-hybridized carbons (Fsp3) is 1.00. The van der Waals surface area contributed by atoms with E-state index in [1.165, 1.54) is 7.11 Å². The summed E-state index contributed by atoms with van der Waals surface area (Å²) in [7, 11) is 1.36. The van der Waals surface area contributed by atoms with E-state index in [0.29, 0.717) is 0 Å². The van der Waals surface area contributed by atoms with E-state index in [9.17, 15) is 10.2 Å². The summed E-state index contributed by atoms with van der Waals surface area (Å²) in [6.07, 6.45) is -2.02. The van der Waals surface area contributed by atoms with Crippen LogP contribution in [0.3, 0.4) is 0 Å². The molecule has 0 aromatic rings. The van der Waals surface area contributed by atoms with Crippen LogP contribution in [0.15, 0.2) is 0 Å². The highest BCUT2D eigenvalue weighted by atomic mass is 16.7. The fourth-order valence-corrected chi connectivity index (χ4v) is 0.992. The van der Waals surface area contributed by atoms with Gasteiger partial charge in [0, 0.05) is 7.11 Å². The third-order valence-electron chi connectivity index (χ3n) is 1.81. The summed E-state index contributed by atoms with van der Waals surface area (Å²) in [6, 6.07) is 0. The molecule has 1 aliphatic heterocycles. The number of hydrogen-bond donors (Lipinski definition) is 3. The third-order valence-corrected chi connectivity index (χ3v) is 1.81. The molecule has 3 atom stereocenters.